The van der Waals surface area contributed by atoms with Gasteiger partial charge in [0.15, 0.2) is 0 Å². The Balaban J connectivity index is 1.80. The molecule has 0 bridgehead atoms. The molecule has 0 aliphatic heterocycles. The Bertz CT molecular complexity index is 764. The van der Waals surface area contributed by atoms with Gasteiger partial charge in [0.05, 0.1) is 5.69 Å². The van der Waals surface area contributed by atoms with Crippen molar-refractivity contribution in [2.45, 2.75) is 13.5 Å². The SMILES string of the molecule is Cc1cc(Br)c(NCc2ccc3[nH]ccc3c2)cc1Cl. The maximum Gasteiger partial charge on any atom is 0.0502 e. The Morgan fingerprint density at radius 1 is 1.20 bits per heavy atom. The fraction of sp³-hybridized carbons (Fsp3) is 0.125. The molecule has 0 radical (unpaired) electrons. The third-order valence-electron chi connectivity index (χ3n) is 3.35. The normalized spacial score (nSPS) is 10.9. The van der Waals surface area contributed by atoms with Crippen LogP contribution in [0.4, 0.5) is 5.69 Å². The number of hydrogen-bond donors (Lipinski definition) is 2. The number of aryl methyl sites for hydroxylation is 1. The summed E-state index contributed by atoms with van der Waals surface area (Å²) in [5, 5.41) is 5.41. The molecule has 2 N–H and O–H groups in total. The minimum absolute atomic E-state index is 0.763. The van der Waals surface area contributed by atoms with Crippen LogP contribution in [0.1, 0.15) is 11.1 Å². The molecule has 3 rings (SSSR count). The highest BCUT2D eigenvalue weighted by Gasteiger charge is 2.04. The molecule has 0 unspecified atom stereocenters. The van der Waals surface area contributed by atoms with E-state index < -0.39 is 0 Å². The molecule has 0 saturated heterocycles. The summed E-state index contributed by atoms with van der Waals surface area (Å²) in [6.45, 7) is 2.76. The summed E-state index contributed by atoms with van der Waals surface area (Å²) in [4.78, 5) is 3.20. The first-order valence-corrected chi connectivity index (χ1v) is 7.56. The van der Waals surface area contributed by atoms with Crippen LogP contribution in [0.3, 0.4) is 0 Å². The molecular weight excluding hydrogens is 336 g/mol. The number of rotatable bonds is 3. The van der Waals surface area contributed by atoms with Crippen molar-refractivity contribution in [1.82, 2.24) is 4.98 Å². The molecule has 1 aromatic heterocycles. The van der Waals surface area contributed by atoms with E-state index in [0.29, 0.717) is 0 Å². The predicted octanol–water partition coefficient (Wildman–Crippen LogP) is 5.50. The van der Waals surface area contributed by atoms with E-state index in [1.54, 1.807) is 0 Å². The molecule has 0 fully saturated rings. The van der Waals surface area contributed by atoms with E-state index in [2.05, 4.69) is 50.5 Å². The lowest BCUT2D eigenvalue weighted by Gasteiger charge is -2.11. The first-order valence-electron chi connectivity index (χ1n) is 6.39. The van der Waals surface area contributed by atoms with Gasteiger partial charge >= 0.3 is 0 Å². The van der Waals surface area contributed by atoms with E-state index in [1.165, 1.54) is 10.9 Å². The minimum Gasteiger partial charge on any atom is -0.380 e. The van der Waals surface area contributed by atoms with Gasteiger partial charge in [-0.1, -0.05) is 17.7 Å². The molecule has 0 atom stereocenters. The largest absolute Gasteiger partial charge is 0.380 e. The van der Waals surface area contributed by atoms with Crippen molar-refractivity contribution in [2.24, 2.45) is 0 Å². The molecule has 2 nitrogen and oxygen atoms in total. The van der Waals surface area contributed by atoms with E-state index in [1.807, 2.05) is 25.3 Å². The van der Waals surface area contributed by atoms with Crippen LogP contribution in [0, 0.1) is 6.92 Å². The van der Waals surface area contributed by atoms with Crippen LogP contribution >= 0.6 is 27.5 Å². The van der Waals surface area contributed by atoms with Crippen LogP contribution < -0.4 is 5.32 Å². The molecule has 1 heterocycles. The zero-order valence-electron chi connectivity index (χ0n) is 11.0. The Morgan fingerprint density at radius 2 is 2.05 bits per heavy atom. The summed E-state index contributed by atoms with van der Waals surface area (Å²) < 4.78 is 1.03. The fourth-order valence-corrected chi connectivity index (χ4v) is 2.95. The summed E-state index contributed by atoms with van der Waals surface area (Å²) in [7, 11) is 0. The van der Waals surface area contributed by atoms with E-state index in [9.17, 15) is 0 Å². The van der Waals surface area contributed by atoms with Crippen LogP contribution in [0.5, 0.6) is 0 Å². The number of fused-ring (bicyclic) bond motifs is 1. The summed E-state index contributed by atoms with van der Waals surface area (Å²) >= 11 is 9.73. The molecule has 0 aliphatic carbocycles. The van der Waals surface area contributed by atoms with Gasteiger partial charge in [-0.2, -0.15) is 0 Å². The van der Waals surface area contributed by atoms with Gasteiger partial charge < -0.3 is 10.3 Å². The quantitative estimate of drug-likeness (QED) is 0.641. The Hall–Kier alpha value is -1.45. The van der Waals surface area contributed by atoms with Crippen molar-refractivity contribution in [1.29, 1.82) is 0 Å². The number of anilines is 1. The van der Waals surface area contributed by atoms with Gasteiger partial charge in [0.1, 0.15) is 0 Å². The zero-order chi connectivity index (χ0) is 14.1. The van der Waals surface area contributed by atoms with Crippen LogP contribution in [-0.4, -0.2) is 4.98 Å². The second-order valence-electron chi connectivity index (χ2n) is 4.83. The maximum atomic E-state index is 6.17. The lowest BCUT2D eigenvalue weighted by atomic mass is 10.1. The number of aromatic amines is 1. The Labute approximate surface area is 131 Å². The van der Waals surface area contributed by atoms with Gasteiger partial charge in [0.25, 0.3) is 0 Å². The Morgan fingerprint density at radius 3 is 2.90 bits per heavy atom. The van der Waals surface area contributed by atoms with Gasteiger partial charge in [-0.05, 0) is 69.7 Å². The number of nitrogens with one attached hydrogen (secondary N) is 2. The second kappa shape index (κ2) is 5.51. The van der Waals surface area contributed by atoms with Crippen molar-refractivity contribution < 1.29 is 0 Å². The number of halogens is 2. The molecular formula is C16H14BrClN2. The highest BCUT2D eigenvalue weighted by Crippen LogP contribution is 2.29. The first kappa shape index (κ1) is 13.5. The summed E-state index contributed by atoms with van der Waals surface area (Å²) in [6.07, 6.45) is 1.96. The monoisotopic (exact) mass is 348 g/mol. The highest BCUT2D eigenvalue weighted by molar-refractivity contribution is 9.10. The van der Waals surface area contributed by atoms with Gasteiger partial charge in [0, 0.05) is 27.8 Å². The predicted molar refractivity (Wildman–Crippen MR) is 89.5 cm³/mol. The van der Waals surface area contributed by atoms with Crippen molar-refractivity contribution in [3.05, 3.63) is 63.2 Å². The summed E-state index contributed by atoms with van der Waals surface area (Å²) in [5.41, 5.74) is 4.47. The minimum atomic E-state index is 0.763. The van der Waals surface area contributed by atoms with Crippen LogP contribution in [0.15, 0.2) is 47.1 Å². The van der Waals surface area contributed by atoms with Crippen molar-refractivity contribution in [3.8, 4) is 0 Å². The smallest absolute Gasteiger partial charge is 0.0502 e. The highest BCUT2D eigenvalue weighted by atomic mass is 79.9. The van der Waals surface area contributed by atoms with Gasteiger partial charge in [0.2, 0.25) is 0 Å². The number of aromatic nitrogens is 1. The van der Waals surface area contributed by atoms with Gasteiger partial charge in [-0.25, -0.2) is 0 Å². The molecule has 20 heavy (non-hydrogen) atoms. The van der Waals surface area contributed by atoms with Gasteiger partial charge in [-0.15, -0.1) is 0 Å². The average molecular weight is 350 g/mol. The lowest BCUT2D eigenvalue weighted by Crippen LogP contribution is -2.00. The molecule has 102 valence electrons. The summed E-state index contributed by atoms with van der Waals surface area (Å²) in [5.74, 6) is 0. The molecule has 3 aromatic rings. The van der Waals surface area contributed by atoms with Crippen molar-refractivity contribution in [3.63, 3.8) is 0 Å². The van der Waals surface area contributed by atoms with E-state index in [0.717, 1.165) is 32.8 Å². The van der Waals surface area contributed by atoms with Crippen molar-refractivity contribution >= 4 is 44.1 Å². The van der Waals surface area contributed by atoms with E-state index >= 15 is 0 Å². The molecule has 0 spiro atoms. The van der Waals surface area contributed by atoms with E-state index in [-0.39, 0.29) is 0 Å². The average Bonchev–Trinajstić information content (AvgIpc) is 2.89. The molecule has 0 aliphatic rings. The third kappa shape index (κ3) is 2.69. The van der Waals surface area contributed by atoms with Crippen molar-refractivity contribution in [2.75, 3.05) is 5.32 Å². The second-order valence-corrected chi connectivity index (χ2v) is 6.10. The first-order chi connectivity index (χ1) is 9.63. The molecule has 0 saturated carbocycles. The molecule has 2 aromatic carbocycles. The third-order valence-corrected chi connectivity index (χ3v) is 4.41. The van der Waals surface area contributed by atoms with Crippen LogP contribution in [0.25, 0.3) is 10.9 Å². The lowest BCUT2D eigenvalue weighted by molar-refractivity contribution is 1.15. The number of hydrogen-bond acceptors (Lipinski definition) is 1. The fourth-order valence-electron chi connectivity index (χ4n) is 2.19. The maximum absolute atomic E-state index is 6.17. The zero-order valence-corrected chi connectivity index (χ0v) is 13.3. The van der Waals surface area contributed by atoms with Gasteiger partial charge in [-0.3, -0.25) is 0 Å². The topological polar surface area (TPSA) is 27.8 Å². The number of H-pyrrole nitrogens is 1. The van der Waals surface area contributed by atoms with Crippen LogP contribution in [0.2, 0.25) is 5.02 Å². The standard InChI is InChI=1S/C16H14BrClN2/c1-10-6-13(17)16(8-14(10)18)20-9-11-2-3-15-12(7-11)4-5-19-15/h2-8,19-20H,9H2,1H3. The Kier molecular flexibility index (Phi) is 3.72. The van der Waals surface area contributed by atoms with E-state index in [4.69, 9.17) is 11.6 Å². The molecule has 0 amide bonds. The van der Waals surface area contributed by atoms with Crippen LogP contribution in [-0.2, 0) is 6.54 Å². The summed E-state index contributed by atoms with van der Waals surface area (Å²) in [6, 6.07) is 12.5. The molecule has 4 heteroatoms. The number of benzene rings is 2.